The highest BCUT2D eigenvalue weighted by Gasteiger charge is 2.47. The third kappa shape index (κ3) is 1.65. The van der Waals surface area contributed by atoms with Gasteiger partial charge in [0.25, 0.3) is 0 Å². The standard InChI is InChI=1S/C13H22N2O/c1-13(14,10-4-5-10)12(16)15-11-7-8-2-3-9(11)6-8/h8-11H,2-7,14H2,1H3,(H,15,16). The van der Waals surface area contributed by atoms with Crippen molar-refractivity contribution in [3.05, 3.63) is 0 Å². The maximum Gasteiger partial charge on any atom is 0.240 e. The Labute approximate surface area is 97.2 Å². The van der Waals surface area contributed by atoms with Crippen LogP contribution in [0.1, 0.15) is 45.4 Å². The first-order valence-corrected chi connectivity index (χ1v) is 6.67. The molecule has 1 amide bonds. The van der Waals surface area contributed by atoms with Gasteiger partial charge < -0.3 is 11.1 Å². The fourth-order valence-corrected chi connectivity index (χ4v) is 3.61. The molecular formula is C13H22N2O. The minimum atomic E-state index is -0.623. The molecule has 4 atom stereocenters. The second-order valence-corrected chi connectivity index (χ2v) is 6.31. The number of hydrogen-bond acceptors (Lipinski definition) is 2. The SMILES string of the molecule is CC(N)(C(=O)NC1CC2CCC1C2)C1CC1. The number of carbonyl (C=O) groups excluding carboxylic acids is 1. The molecule has 0 saturated heterocycles. The molecule has 3 heteroatoms. The molecule has 90 valence electrons. The van der Waals surface area contributed by atoms with E-state index in [1.165, 1.54) is 25.7 Å². The number of nitrogens with one attached hydrogen (secondary N) is 1. The molecule has 3 aliphatic rings. The van der Waals surface area contributed by atoms with Crippen LogP contribution in [0.5, 0.6) is 0 Å². The molecular weight excluding hydrogens is 200 g/mol. The summed E-state index contributed by atoms with van der Waals surface area (Å²) in [6, 6.07) is 0.424. The molecule has 16 heavy (non-hydrogen) atoms. The summed E-state index contributed by atoms with van der Waals surface area (Å²) in [6.07, 6.45) is 7.45. The highest BCUT2D eigenvalue weighted by atomic mass is 16.2. The fraction of sp³-hybridized carbons (Fsp3) is 0.923. The summed E-state index contributed by atoms with van der Waals surface area (Å²) in [5.74, 6) is 2.13. The summed E-state index contributed by atoms with van der Waals surface area (Å²) in [7, 11) is 0. The van der Waals surface area contributed by atoms with Crippen molar-refractivity contribution < 1.29 is 4.79 Å². The average Bonchev–Trinajstić information content (AvgIpc) is 2.92. The maximum absolute atomic E-state index is 12.1. The summed E-state index contributed by atoms with van der Waals surface area (Å²) >= 11 is 0. The van der Waals surface area contributed by atoms with Gasteiger partial charge in [-0.15, -0.1) is 0 Å². The van der Waals surface area contributed by atoms with Crippen LogP contribution in [0.3, 0.4) is 0 Å². The average molecular weight is 222 g/mol. The van der Waals surface area contributed by atoms with Crippen LogP contribution in [0.4, 0.5) is 0 Å². The van der Waals surface area contributed by atoms with Crippen LogP contribution in [0, 0.1) is 17.8 Å². The van der Waals surface area contributed by atoms with Gasteiger partial charge in [-0.05, 0) is 56.8 Å². The molecule has 3 N–H and O–H groups in total. The number of nitrogens with two attached hydrogens (primary N) is 1. The number of carbonyl (C=O) groups is 1. The first-order chi connectivity index (χ1) is 7.57. The first-order valence-electron chi connectivity index (χ1n) is 6.67. The molecule has 0 aromatic heterocycles. The lowest BCUT2D eigenvalue weighted by Crippen LogP contribution is -2.56. The predicted molar refractivity (Wildman–Crippen MR) is 62.7 cm³/mol. The normalized spacial score (nSPS) is 40.8. The van der Waals surface area contributed by atoms with Crippen LogP contribution in [0.2, 0.25) is 0 Å². The number of hydrogen-bond donors (Lipinski definition) is 2. The zero-order valence-corrected chi connectivity index (χ0v) is 10.0. The zero-order valence-electron chi connectivity index (χ0n) is 10.0. The van der Waals surface area contributed by atoms with E-state index in [4.69, 9.17) is 5.73 Å². The Morgan fingerprint density at radius 1 is 1.25 bits per heavy atom. The second-order valence-electron chi connectivity index (χ2n) is 6.31. The maximum atomic E-state index is 12.1. The van der Waals surface area contributed by atoms with E-state index in [1.54, 1.807) is 0 Å². The van der Waals surface area contributed by atoms with Gasteiger partial charge in [0.1, 0.15) is 0 Å². The predicted octanol–water partition coefficient (Wildman–Crippen LogP) is 1.42. The Hall–Kier alpha value is -0.570. The molecule has 3 fully saturated rings. The third-order valence-corrected chi connectivity index (χ3v) is 4.97. The van der Waals surface area contributed by atoms with Crippen molar-refractivity contribution in [2.45, 2.75) is 57.0 Å². The van der Waals surface area contributed by atoms with Gasteiger partial charge >= 0.3 is 0 Å². The smallest absolute Gasteiger partial charge is 0.240 e. The van der Waals surface area contributed by atoms with Crippen LogP contribution in [0.25, 0.3) is 0 Å². The monoisotopic (exact) mass is 222 g/mol. The van der Waals surface area contributed by atoms with Crippen molar-refractivity contribution in [1.82, 2.24) is 5.32 Å². The van der Waals surface area contributed by atoms with E-state index in [1.807, 2.05) is 6.92 Å². The molecule has 3 rings (SSSR count). The summed E-state index contributed by atoms with van der Waals surface area (Å²) in [5.41, 5.74) is 5.51. The zero-order chi connectivity index (χ0) is 11.3. The summed E-state index contributed by atoms with van der Waals surface area (Å²) in [4.78, 5) is 12.1. The van der Waals surface area contributed by atoms with Gasteiger partial charge in [0.15, 0.2) is 0 Å². The topological polar surface area (TPSA) is 55.1 Å². The van der Waals surface area contributed by atoms with Gasteiger partial charge in [0.2, 0.25) is 5.91 Å². The van der Waals surface area contributed by atoms with Crippen molar-refractivity contribution in [3.8, 4) is 0 Å². The van der Waals surface area contributed by atoms with E-state index in [-0.39, 0.29) is 5.91 Å². The van der Waals surface area contributed by atoms with Crippen molar-refractivity contribution in [3.63, 3.8) is 0 Å². The minimum Gasteiger partial charge on any atom is -0.351 e. The molecule has 0 aromatic rings. The van der Waals surface area contributed by atoms with E-state index < -0.39 is 5.54 Å². The molecule has 0 aromatic carbocycles. The number of rotatable bonds is 3. The van der Waals surface area contributed by atoms with E-state index in [0.29, 0.717) is 12.0 Å². The van der Waals surface area contributed by atoms with E-state index in [9.17, 15) is 4.79 Å². The van der Waals surface area contributed by atoms with Crippen molar-refractivity contribution in [1.29, 1.82) is 0 Å². The molecule has 3 aliphatic carbocycles. The van der Waals surface area contributed by atoms with Crippen molar-refractivity contribution >= 4 is 5.91 Å². The lowest BCUT2D eigenvalue weighted by atomic mass is 9.92. The highest BCUT2D eigenvalue weighted by molar-refractivity contribution is 5.86. The lowest BCUT2D eigenvalue weighted by molar-refractivity contribution is -0.127. The molecule has 0 aliphatic heterocycles. The Morgan fingerprint density at radius 3 is 2.50 bits per heavy atom. The number of amides is 1. The molecule has 3 nitrogen and oxygen atoms in total. The lowest BCUT2D eigenvalue weighted by Gasteiger charge is -2.29. The van der Waals surface area contributed by atoms with E-state index in [2.05, 4.69) is 5.32 Å². The Balaban J connectivity index is 1.60. The van der Waals surface area contributed by atoms with Crippen LogP contribution < -0.4 is 11.1 Å². The van der Waals surface area contributed by atoms with Crippen molar-refractivity contribution in [2.75, 3.05) is 0 Å². The van der Waals surface area contributed by atoms with Gasteiger partial charge in [-0.25, -0.2) is 0 Å². The molecule has 4 unspecified atom stereocenters. The Morgan fingerprint density at radius 2 is 2.00 bits per heavy atom. The third-order valence-electron chi connectivity index (χ3n) is 4.97. The van der Waals surface area contributed by atoms with Gasteiger partial charge in [0, 0.05) is 6.04 Å². The quantitative estimate of drug-likeness (QED) is 0.758. The number of fused-ring (bicyclic) bond motifs is 2. The van der Waals surface area contributed by atoms with Crippen molar-refractivity contribution in [2.24, 2.45) is 23.5 Å². The second kappa shape index (κ2) is 3.46. The molecule has 3 saturated carbocycles. The van der Waals surface area contributed by atoms with Crippen LogP contribution >= 0.6 is 0 Å². The summed E-state index contributed by atoms with van der Waals surface area (Å²) in [5, 5.41) is 3.21. The van der Waals surface area contributed by atoms with Gasteiger partial charge in [-0.3, -0.25) is 4.79 Å². The van der Waals surface area contributed by atoms with Gasteiger partial charge in [0.05, 0.1) is 5.54 Å². The van der Waals surface area contributed by atoms with Gasteiger partial charge in [-0.1, -0.05) is 6.42 Å². The minimum absolute atomic E-state index is 0.0903. The summed E-state index contributed by atoms with van der Waals surface area (Å²) in [6.45, 7) is 1.90. The molecule has 2 bridgehead atoms. The summed E-state index contributed by atoms with van der Waals surface area (Å²) < 4.78 is 0. The largest absolute Gasteiger partial charge is 0.351 e. The fourth-order valence-electron chi connectivity index (χ4n) is 3.61. The highest BCUT2D eigenvalue weighted by Crippen LogP contribution is 2.45. The Bertz CT molecular complexity index is 309. The van der Waals surface area contributed by atoms with Crippen LogP contribution in [-0.4, -0.2) is 17.5 Å². The van der Waals surface area contributed by atoms with Crippen LogP contribution in [-0.2, 0) is 4.79 Å². The molecule has 0 radical (unpaired) electrons. The van der Waals surface area contributed by atoms with Gasteiger partial charge in [-0.2, -0.15) is 0 Å². The van der Waals surface area contributed by atoms with E-state index >= 15 is 0 Å². The molecule has 0 spiro atoms. The first kappa shape index (κ1) is 10.6. The van der Waals surface area contributed by atoms with Crippen LogP contribution in [0.15, 0.2) is 0 Å². The molecule has 0 heterocycles. The van der Waals surface area contributed by atoms with E-state index in [0.717, 1.165) is 24.7 Å². The Kier molecular flexibility index (Phi) is 2.29.